The Balaban J connectivity index is 1.04. The van der Waals surface area contributed by atoms with Gasteiger partial charge in [-0.25, -0.2) is 38.5 Å². The highest BCUT2D eigenvalue weighted by molar-refractivity contribution is 7.47. The number of phosphoric ester groups is 2. The number of aromatic nitrogens is 6. The van der Waals surface area contributed by atoms with Gasteiger partial charge in [0.05, 0.1) is 19.5 Å². The van der Waals surface area contributed by atoms with Crippen LogP contribution in [-0.4, -0.2) is 136 Å². The molecule has 3 aromatic heterocycles. The normalized spacial score (nSPS) is 24.9. The molecule has 8 rings (SSSR count). The summed E-state index contributed by atoms with van der Waals surface area (Å²) >= 11 is 0. The molecule has 0 aliphatic carbocycles. The topological polar surface area (TPSA) is 401 Å². The van der Waals surface area contributed by atoms with E-state index in [0.29, 0.717) is 18.4 Å². The van der Waals surface area contributed by atoms with E-state index in [2.05, 4.69) is 25.3 Å². The van der Waals surface area contributed by atoms with E-state index < -0.39 is 114 Å². The van der Waals surface area contributed by atoms with E-state index >= 15 is 0 Å². The number of carbonyl (C=O) groups is 3. The van der Waals surface area contributed by atoms with E-state index in [1.54, 1.807) is 49.4 Å². The molecular formula is C44H53N9O20P2. The molecule has 2 aromatic carbocycles. The van der Waals surface area contributed by atoms with E-state index in [1.807, 2.05) is 0 Å². The Hall–Kier alpha value is -6.30. The quantitative estimate of drug-likeness (QED) is 0.0294. The van der Waals surface area contributed by atoms with Crippen molar-refractivity contribution in [2.45, 2.75) is 107 Å². The largest absolute Gasteiger partial charge is 0.472 e. The molecule has 29 nitrogen and oxygen atoms in total. The Labute approximate surface area is 425 Å². The van der Waals surface area contributed by atoms with Crippen LogP contribution in [0, 0.1) is 0 Å². The summed E-state index contributed by atoms with van der Waals surface area (Å²) in [5.74, 6) is -1.44. The van der Waals surface area contributed by atoms with Crippen molar-refractivity contribution in [3.8, 4) is 5.75 Å². The highest BCUT2D eigenvalue weighted by Crippen LogP contribution is 2.51. The minimum atomic E-state index is -5.48. The van der Waals surface area contributed by atoms with Crippen LogP contribution < -0.4 is 27.2 Å². The molecular weight excluding hydrogens is 1040 g/mol. The number of aliphatic hydroxyl groups excluding tert-OH is 1. The number of rotatable bonds is 22. The lowest BCUT2D eigenvalue weighted by Gasteiger charge is -2.29. The van der Waals surface area contributed by atoms with Gasteiger partial charge in [0.25, 0.3) is 0 Å². The third-order valence-electron chi connectivity index (χ3n) is 11.8. The van der Waals surface area contributed by atoms with Crippen LogP contribution in [0.25, 0.3) is 11.2 Å². The van der Waals surface area contributed by atoms with E-state index in [9.17, 15) is 48.1 Å². The molecule has 3 fully saturated rings. The number of benzene rings is 2. The van der Waals surface area contributed by atoms with Gasteiger partial charge in [-0.15, -0.1) is 0 Å². The van der Waals surface area contributed by atoms with Gasteiger partial charge in [-0.3, -0.25) is 27.5 Å². The van der Waals surface area contributed by atoms with Crippen molar-refractivity contribution >= 4 is 56.5 Å². The molecule has 1 amide bonds. The molecule has 31 heteroatoms. The van der Waals surface area contributed by atoms with Crippen LogP contribution >= 0.6 is 15.6 Å². The Morgan fingerprint density at radius 1 is 0.893 bits per heavy atom. The Morgan fingerprint density at radius 2 is 1.63 bits per heavy atom. The summed E-state index contributed by atoms with van der Waals surface area (Å²) in [4.78, 5) is 99.1. The Bertz CT molecular complexity index is 2940. The first kappa shape index (κ1) is 54.9. The number of hydrogen-bond donors (Lipinski definition) is 7. The second-order valence-electron chi connectivity index (χ2n) is 17.1. The molecule has 0 radical (unpaired) electrons. The molecule has 6 heterocycles. The SMILES string of the molecule is CCC(=O)Oc1ccc(COC(=O)N[C@@H](CCc2ccccc2)C(=O)O[C@H]2[C@@H](O)[C@H](n3cnc4c(N)ncnc43)O[C@@H]2COP(=O)(O)O[C@H]2[C@@H](OC3CCCO3)[C@H](n3ccc(N)nc3=O)O[C@@H]2COP(=O)(O)O)cc1. The number of nitrogens with two attached hydrogens (primary N) is 2. The summed E-state index contributed by atoms with van der Waals surface area (Å²) < 4.78 is 84.5. The van der Waals surface area contributed by atoms with Gasteiger partial charge >= 0.3 is 39.4 Å². The molecule has 2 unspecified atom stereocenters. The predicted octanol–water partition coefficient (Wildman–Crippen LogP) is 1.69. The van der Waals surface area contributed by atoms with Crippen molar-refractivity contribution in [1.82, 2.24) is 34.4 Å². The fourth-order valence-electron chi connectivity index (χ4n) is 8.21. The number of alkyl carbamates (subject to hydrolysis) is 1. The monoisotopic (exact) mass is 1090 g/mol. The molecule has 3 aliphatic heterocycles. The van der Waals surface area contributed by atoms with Crippen molar-refractivity contribution in [1.29, 1.82) is 0 Å². The Kier molecular flexibility index (Phi) is 17.7. The highest BCUT2D eigenvalue weighted by Gasteiger charge is 2.54. The van der Waals surface area contributed by atoms with Crippen LogP contribution in [0.15, 0.2) is 84.3 Å². The van der Waals surface area contributed by atoms with E-state index in [-0.39, 0.29) is 61.0 Å². The molecule has 75 heavy (non-hydrogen) atoms. The van der Waals surface area contributed by atoms with Gasteiger partial charge in [0.2, 0.25) is 0 Å². The van der Waals surface area contributed by atoms with Crippen LogP contribution in [0.3, 0.4) is 0 Å². The average Bonchev–Trinajstić information content (AvgIpc) is 4.19. The van der Waals surface area contributed by atoms with E-state index in [1.165, 1.54) is 35.3 Å². The summed E-state index contributed by atoms with van der Waals surface area (Å²) in [6.07, 6.45) is -10.5. The Morgan fingerprint density at radius 3 is 2.33 bits per heavy atom. The number of hydrogen-bond acceptors (Lipinski definition) is 23. The zero-order chi connectivity index (χ0) is 53.4. The van der Waals surface area contributed by atoms with E-state index in [0.717, 1.165) is 16.5 Å². The van der Waals surface area contributed by atoms with Gasteiger partial charge in [0, 0.05) is 25.6 Å². The third-order valence-corrected chi connectivity index (χ3v) is 13.3. The summed E-state index contributed by atoms with van der Waals surface area (Å²) in [5.41, 5.74) is 12.2. The lowest BCUT2D eigenvalue weighted by Crippen LogP contribution is -2.47. The maximum Gasteiger partial charge on any atom is 0.472 e. The van der Waals surface area contributed by atoms with Crippen LogP contribution in [0.1, 0.15) is 56.2 Å². The first-order valence-corrected chi connectivity index (χ1v) is 26.2. The number of nitrogens with one attached hydrogen (secondary N) is 1. The summed E-state index contributed by atoms with van der Waals surface area (Å²) in [7, 11) is -10.7. The van der Waals surface area contributed by atoms with Gasteiger partial charge in [-0.05, 0) is 48.6 Å². The maximum atomic E-state index is 14.3. The molecule has 3 aliphatic rings. The zero-order valence-electron chi connectivity index (χ0n) is 39.7. The molecule has 404 valence electrons. The number of ether oxygens (including phenoxy) is 7. The molecule has 5 aromatic rings. The lowest BCUT2D eigenvalue weighted by atomic mass is 10.0. The second-order valence-corrected chi connectivity index (χ2v) is 19.7. The van der Waals surface area contributed by atoms with Crippen LogP contribution in [0.5, 0.6) is 5.75 Å². The first-order chi connectivity index (χ1) is 35.8. The minimum Gasteiger partial charge on any atom is -0.455 e. The number of aliphatic hydroxyl groups is 1. The summed E-state index contributed by atoms with van der Waals surface area (Å²) in [6, 6.07) is 14.9. The molecule has 9 N–H and O–H groups in total. The number of nitrogens with zero attached hydrogens (tertiary/aromatic N) is 6. The highest BCUT2D eigenvalue weighted by atomic mass is 31.2. The van der Waals surface area contributed by atoms with Gasteiger partial charge in [-0.1, -0.05) is 49.4 Å². The number of amides is 1. The van der Waals surface area contributed by atoms with Crippen LogP contribution in [-0.2, 0) is 73.7 Å². The molecule has 0 spiro atoms. The number of esters is 2. The van der Waals surface area contributed by atoms with Gasteiger partial charge in [0.15, 0.2) is 36.3 Å². The standard InChI is InChI=1S/C44H53N9O20P2/c1-2-31(54)68-26-13-10-25(11-14-26)19-65-44(58)50-27(15-12-24-7-4-3-5-8-24)42(56)72-35-28(69-40(34(35)55)53-23-49-33-38(46)47-22-48-39(33)53)21-67-75(62,63)73-36-29(20-66-74(59,60)61)70-41(37(36)71-32-9-6-18-64-32)52-17-16-30(45)51-43(52)57/h3-5,7-8,10-11,13-14,16-17,22-23,27-29,32,34-37,40-41,55H,2,6,9,12,15,18-21H2,1H3,(H,50,58)(H,62,63)(H2,45,51,57)(H2,46,47,48)(H2,59,60,61)/t27-,28+,29+,32?,34+,35+,36+,37+,40+,41+/m0/s1. The second kappa shape index (κ2) is 24.1. The van der Waals surface area contributed by atoms with Gasteiger partial charge < -0.3 is 69.7 Å². The lowest BCUT2D eigenvalue weighted by molar-refractivity contribution is -0.181. The van der Waals surface area contributed by atoms with Gasteiger partial charge in [0.1, 0.15) is 66.6 Å². The predicted molar refractivity (Wildman–Crippen MR) is 253 cm³/mol. The van der Waals surface area contributed by atoms with E-state index in [4.69, 9.17) is 58.2 Å². The van der Waals surface area contributed by atoms with Crippen molar-refractivity contribution in [2.24, 2.45) is 0 Å². The summed E-state index contributed by atoms with van der Waals surface area (Å²) in [5, 5.41) is 14.5. The first-order valence-electron chi connectivity index (χ1n) is 23.2. The molecule has 3 saturated heterocycles. The molecule has 0 bridgehead atoms. The van der Waals surface area contributed by atoms with Crippen LogP contribution in [0.2, 0.25) is 0 Å². The van der Waals surface area contributed by atoms with Crippen LogP contribution in [0.4, 0.5) is 16.4 Å². The summed E-state index contributed by atoms with van der Waals surface area (Å²) in [6.45, 7) is -0.304. The number of nitrogen functional groups attached to an aromatic ring is 2. The van der Waals surface area contributed by atoms with Crippen molar-refractivity contribution in [3.05, 3.63) is 101 Å². The fraction of sp³-hybridized carbons (Fsp3) is 0.455. The zero-order valence-corrected chi connectivity index (χ0v) is 41.5. The maximum absolute atomic E-state index is 14.3. The number of fused-ring (bicyclic) bond motifs is 1. The number of phosphoric acid groups is 2. The number of imidazole rings is 1. The van der Waals surface area contributed by atoms with Crippen molar-refractivity contribution < 1.29 is 90.0 Å². The van der Waals surface area contributed by atoms with Crippen molar-refractivity contribution in [2.75, 3.05) is 31.3 Å². The van der Waals surface area contributed by atoms with Gasteiger partial charge in [-0.2, -0.15) is 4.98 Å². The molecule has 0 saturated carbocycles. The third kappa shape index (κ3) is 14.2. The number of carbonyl (C=O) groups excluding carboxylic acids is 3. The number of anilines is 2. The molecule has 11 atom stereocenters. The minimum absolute atomic E-state index is 0.0249. The van der Waals surface area contributed by atoms with Crippen molar-refractivity contribution in [3.63, 3.8) is 0 Å². The number of aryl methyl sites for hydroxylation is 1. The smallest absolute Gasteiger partial charge is 0.455 e. The average molecular weight is 1090 g/mol. The fourth-order valence-corrected chi connectivity index (χ4v) is 9.51.